The second kappa shape index (κ2) is 8.56. The van der Waals surface area contributed by atoms with E-state index in [9.17, 15) is 14.4 Å². The van der Waals surface area contributed by atoms with Crippen molar-refractivity contribution >= 4 is 22.6 Å². The number of carbonyl (C=O) groups excluding carboxylic acids is 2. The summed E-state index contributed by atoms with van der Waals surface area (Å²) in [5, 5.41) is 11.1. The fourth-order valence-corrected chi connectivity index (χ4v) is 3.01. The van der Waals surface area contributed by atoms with Gasteiger partial charge >= 0.3 is 0 Å². The molecule has 0 bridgehead atoms. The second-order valence-electron chi connectivity index (χ2n) is 6.83. The van der Waals surface area contributed by atoms with Gasteiger partial charge in [0, 0.05) is 18.5 Å². The fourth-order valence-electron chi connectivity index (χ4n) is 3.01. The van der Waals surface area contributed by atoms with Crippen molar-refractivity contribution in [3.63, 3.8) is 0 Å². The molecule has 0 unspecified atom stereocenters. The molecule has 0 saturated carbocycles. The van der Waals surface area contributed by atoms with Crippen LogP contribution in [0.25, 0.3) is 10.9 Å². The van der Waals surface area contributed by atoms with Crippen LogP contribution in [0.4, 0.5) is 0 Å². The van der Waals surface area contributed by atoms with Crippen LogP contribution in [-0.4, -0.2) is 32.7 Å². The summed E-state index contributed by atoms with van der Waals surface area (Å²) in [7, 11) is 0. The third-order valence-corrected chi connectivity index (χ3v) is 4.51. The zero-order valence-corrected chi connectivity index (χ0v) is 15.9. The lowest BCUT2D eigenvalue weighted by molar-refractivity contribution is -0.119. The maximum Gasteiger partial charge on any atom is 0.278 e. The second-order valence-corrected chi connectivity index (χ2v) is 6.83. The first-order valence-electron chi connectivity index (χ1n) is 9.16. The molecule has 1 heterocycles. The quantitative estimate of drug-likeness (QED) is 0.636. The molecule has 0 radical (unpaired) electrons. The molecule has 1 aromatic heterocycles. The highest BCUT2D eigenvalue weighted by atomic mass is 16.2. The zero-order chi connectivity index (χ0) is 20.1. The number of benzene rings is 2. The van der Waals surface area contributed by atoms with Gasteiger partial charge < -0.3 is 5.32 Å². The average Bonchev–Trinajstić information content (AvgIpc) is 2.68. The molecule has 7 heteroatoms. The van der Waals surface area contributed by atoms with E-state index >= 15 is 0 Å². The number of aryl methyl sites for hydroxylation is 1. The summed E-state index contributed by atoms with van der Waals surface area (Å²) >= 11 is 0. The standard InChI is InChI=1S/C21H22N4O3/c1-14(22-15(2)26)7-8-16-9-11-17(12-10-16)20(27)13-25-21(28)18-5-3-4-6-19(18)23-24-25/h3-6,9-12,14H,7-8,13H2,1-2H3,(H,22,26)/t14-/m1/s1. The molecule has 2 aromatic carbocycles. The third kappa shape index (κ3) is 4.68. The molecule has 0 fully saturated rings. The average molecular weight is 378 g/mol. The Hall–Kier alpha value is -3.35. The summed E-state index contributed by atoms with van der Waals surface area (Å²) in [6.45, 7) is 3.30. The van der Waals surface area contributed by atoms with E-state index in [1.54, 1.807) is 36.4 Å². The minimum absolute atomic E-state index is 0.0412. The van der Waals surface area contributed by atoms with Gasteiger partial charge in [0.15, 0.2) is 5.78 Å². The zero-order valence-electron chi connectivity index (χ0n) is 15.9. The summed E-state index contributed by atoms with van der Waals surface area (Å²) in [6.07, 6.45) is 1.61. The largest absolute Gasteiger partial charge is 0.354 e. The molecule has 1 N–H and O–H groups in total. The molecule has 1 atom stereocenters. The van der Waals surface area contributed by atoms with Crippen LogP contribution in [0.3, 0.4) is 0 Å². The molecule has 0 saturated heterocycles. The molecular formula is C21H22N4O3. The Morgan fingerprint density at radius 2 is 1.82 bits per heavy atom. The van der Waals surface area contributed by atoms with Crippen molar-refractivity contribution in [2.24, 2.45) is 0 Å². The number of carbonyl (C=O) groups is 2. The monoisotopic (exact) mass is 378 g/mol. The topological polar surface area (TPSA) is 93.9 Å². The number of hydrogen-bond donors (Lipinski definition) is 1. The normalized spacial score (nSPS) is 11.9. The van der Waals surface area contributed by atoms with E-state index in [1.807, 2.05) is 19.1 Å². The number of fused-ring (bicyclic) bond motifs is 1. The molecule has 3 rings (SSSR count). The van der Waals surface area contributed by atoms with Crippen molar-refractivity contribution in [3.05, 3.63) is 70.0 Å². The molecule has 144 valence electrons. The Kier molecular flexibility index (Phi) is 5.93. The maximum absolute atomic E-state index is 12.5. The summed E-state index contributed by atoms with van der Waals surface area (Å²) in [4.78, 5) is 36.0. The smallest absolute Gasteiger partial charge is 0.278 e. The lowest BCUT2D eigenvalue weighted by Crippen LogP contribution is -2.30. The molecule has 0 aliphatic rings. The van der Waals surface area contributed by atoms with Crippen molar-refractivity contribution in [3.8, 4) is 0 Å². The highest BCUT2D eigenvalue weighted by Gasteiger charge is 2.12. The van der Waals surface area contributed by atoms with E-state index in [-0.39, 0.29) is 29.8 Å². The Balaban J connectivity index is 1.66. The summed E-state index contributed by atoms with van der Waals surface area (Å²) in [5.41, 5.74) is 1.77. The van der Waals surface area contributed by atoms with Crippen molar-refractivity contribution < 1.29 is 9.59 Å². The Bertz CT molecular complexity index is 1060. The van der Waals surface area contributed by atoms with Gasteiger partial charge in [-0.1, -0.05) is 41.6 Å². The van der Waals surface area contributed by atoms with E-state index in [2.05, 4.69) is 15.6 Å². The van der Waals surface area contributed by atoms with Crippen LogP contribution in [-0.2, 0) is 17.8 Å². The molecule has 7 nitrogen and oxygen atoms in total. The Morgan fingerprint density at radius 1 is 1.11 bits per heavy atom. The van der Waals surface area contributed by atoms with E-state index in [4.69, 9.17) is 0 Å². The highest BCUT2D eigenvalue weighted by molar-refractivity contribution is 5.96. The van der Waals surface area contributed by atoms with E-state index in [1.165, 1.54) is 6.92 Å². The number of nitrogens with one attached hydrogen (secondary N) is 1. The first-order valence-corrected chi connectivity index (χ1v) is 9.16. The van der Waals surface area contributed by atoms with E-state index < -0.39 is 0 Å². The SMILES string of the molecule is CC(=O)N[C@H](C)CCc1ccc(C(=O)Cn2nnc3ccccc3c2=O)cc1. The van der Waals surface area contributed by atoms with Crippen LogP contribution < -0.4 is 10.9 Å². The lowest BCUT2D eigenvalue weighted by atomic mass is 10.0. The van der Waals surface area contributed by atoms with Gasteiger partial charge in [-0.2, -0.15) is 0 Å². The third-order valence-electron chi connectivity index (χ3n) is 4.51. The molecule has 0 spiro atoms. The van der Waals surface area contributed by atoms with Gasteiger partial charge in [0.1, 0.15) is 12.1 Å². The van der Waals surface area contributed by atoms with Crippen LogP contribution in [0.5, 0.6) is 0 Å². The molecule has 3 aromatic rings. The molecule has 0 aliphatic carbocycles. The molecule has 28 heavy (non-hydrogen) atoms. The van der Waals surface area contributed by atoms with Crippen molar-refractivity contribution in [1.82, 2.24) is 20.3 Å². The first-order chi connectivity index (χ1) is 13.4. The molecular weight excluding hydrogens is 356 g/mol. The Morgan fingerprint density at radius 3 is 2.54 bits per heavy atom. The van der Waals surface area contributed by atoms with Gasteiger partial charge in [0.25, 0.3) is 5.56 Å². The maximum atomic E-state index is 12.5. The van der Waals surface area contributed by atoms with Gasteiger partial charge in [0.05, 0.1) is 5.39 Å². The van der Waals surface area contributed by atoms with Gasteiger partial charge in [-0.05, 0) is 37.5 Å². The van der Waals surface area contributed by atoms with Crippen LogP contribution in [0.15, 0.2) is 53.3 Å². The van der Waals surface area contributed by atoms with Crippen LogP contribution in [0, 0.1) is 0 Å². The number of Topliss-reactive ketones (excluding diaryl/α,β-unsaturated/α-hetero) is 1. The summed E-state index contributed by atoms with van der Waals surface area (Å²) in [6, 6.07) is 14.3. The van der Waals surface area contributed by atoms with Crippen LogP contribution in [0.2, 0.25) is 0 Å². The van der Waals surface area contributed by atoms with E-state index in [0.717, 1.165) is 23.1 Å². The van der Waals surface area contributed by atoms with Gasteiger partial charge in [-0.3, -0.25) is 14.4 Å². The predicted molar refractivity (Wildman–Crippen MR) is 106 cm³/mol. The number of amides is 1. The van der Waals surface area contributed by atoms with Gasteiger partial charge in [-0.25, -0.2) is 4.68 Å². The summed E-state index contributed by atoms with van der Waals surface area (Å²) in [5.74, 6) is -0.245. The fraction of sp³-hybridized carbons (Fsp3) is 0.286. The van der Waals surface area contributed by atoms with Gasteiger partial charge in [0.2, 0.25) is 5.91 Å². The minimum atomic E-state index is -0.331. The molecule has 0 aliphatic heterocycles. The first kappa shape index (κ1) is 19.4. The predicted octanol–water partition coefficient (Wildman–Crippen LogP) is 2.13. The van der Waals surface area contributed by atoms with E-state index in [0.29, 0.717) is 16.5 Å². The number of ketones is 1. The minimum Gasteiger partial charge on any atom is -0.354 e. The van der Waals surface area contributed by atoms with Crippen molar-refractivity contribution in [1.29, 1.82) is 0 Å². The number of hydrogen-bond acceptors (Lipinski definition) is 5. The van der Waals surface area contributed by atoms with Crippen LogP contribution in [0.1, 0.15) is 36.2 Å². The number of aromatic nitrogens is 3. The number of rotatable bonds is 7. The van der Waals surface area contributed by atoms with Crippen molar-refractivity contribution in [2.75, 3.05) is 0 Å². The Labute approximate surface area is 162 Å². The van der Waals surface area contributed by atoms with Gasteiger partial charge in [-0.15, -0.1) is 5.10 Å². The number of nitrogens with zero attached hydrogens (tertiary/aromatic N) is 3. The lowest BCUT2D eigenvalue weighted by Gasteiger charge is -2.12. The molecule has 1 amide bonds. The summed E-state index contributed by atoms with van der Waals surface area (Å²) < 4.78 is 1.09. The van der Waals surface area contributed by atoms with Crippen molar-refractivity contribution in [2.45, 2.75) is 39.3 Å². The van der Waals surface area contributed by atoms with Crippen LogP contribution >= 0.6 is 0 Å². The highest BCUT2D eigenvalue weighted by Crippen LogP contribution is 2.10.